The van der Waals surface area contributed by atoms with Crippen LogP contribution in [0.4, 0.5) is 0 Å². The zero-order chi connectivity index (χ0) is 18.0. The summed E-state index contributed by atoms with van der Waals surface area (Å²) in [6, 6.07) is 6.09. The summed E-state index contributed by atoms with van der Waals surface area (Å²) in [5.41, 5.74) is 2.23. The number of nitrogens with zero attached hydrogens (tertiary/aromatic N) is 3. The highest BCUT2D eigenvalue weighted by molar-refractivity contribution is 6.39. The lowest BCUT2D eigenvalue weighted by Crippen LogP contribution is -2.39. The molecule has 7 nitrogen and oxygen atoms in total. The fourth-order valence-corrected chi connectivity index (χ4v) is 3.96. The van der Waals surface area contributed by atoms with Crippen molar-refractivity contribution in [2.75, 3.05) is 26.2 Å². The molecular formula is C19H26N4O3. The Labute approximate surface area is 153 Å². The molecule has 0 unspecified atom stereocenters. The zero-order valence-corrected chi connectivity index (χ0v) is 15.2. The van der Waals surface area contributed by atoms with Crippen molar-refractivity contribution in [3.8, 4) is 0 Å². The first kappa shape index (κ1) is 17.4. The Hall–Kier alpha value is -1.99. The monoisotopic (exact) mass is 358 g/mol. The number of hydrogen-bond donors (Lipinski definition) is 1. The number of carbonyl (C=O) groups is 1. The van der Waals surface area contributed by atoms with Gasteiger partial charge in [0.15, 0.2) is 5.60 Å². The van der Waals surface area contributed by atoms with Gasteiger partial charge in [-0.2, -0.15) is 0 Å². The molecule has 0 bridgehead atoms. The lowest BCUT2D eigenvalue weighted by atomic mass is 9.96. The molecule has 140 valence electrons. The largest absolute Gasteiger partial charge is 0.387 e. The quantitative estimate of drug-likeness (QED) is 0.861. The van der Waals surface area contributed by atoms with Gasteiger partial charge >= 0.3 is 0 Å². The van der Waals surface area contributed by atoms with Gasteiger partial charge in [0.25, 0.3) is 5.91 Å². The average molecular weight is 358 g/mol. The molecule has 0 radical (unpaired) electrons. The highest BCUT2D eigenvalue weighted by atomic mass is 16.7. The van der Waals surface area contributed by atoms with Gasteiger partial charge in [-0.1, -0.05) is 11.2 Å². The van der Waals surface area contributed by atoms with E-state index < -0.39 is 0 Å². The fourth-order valence-electron chi connectivity index (χ4n) is 3.96. The Balaban J connectivity index is 1.27. The molecule has 0 aromatic carbocycles. The summed E-state index contributed by atoms with van der Waals surface area (Å²) in [5, 5.41) is 7.03. The molecule has 26 heavy (non-hydrogen) atoms. The number of oxime groups is 1. The van der Waals surface area contributed by atoms with Crippen LogP contribution in [0.2, 0.25) is 0 Å². The van der Waals surface area contributed by atoms with Gasteiger partial charge in [-0.3, -0.25) is 14.7 Å². The van der Waals surface area contributed by atoms with Crippen molar-refractivity contribution < 1.29 is 14.4 Å². The van der Waals surface area contributed by atoms with Gasteiger partial charge in [0, 0.05) is 51.3 Å². The standard InChI is InChI=1S/C19H26N4O3/c1-14-4-2-5-15(21-14)12-23-8-7-19(13-23)10-17(22-26-19)18(24)20-11-16-6-3-9-25-16/h2,4-5,16H,3,6-13H2,1H3,(H,20,24)/t16-,19-/m0/s1. The topological polar surface area (TPSA) is 76.1 Å². The molecule has 1 aromatic rings. The molecule has 1 spiro atoms. The summed E-state index contributed by atoms with van der Waals surface area (Å²) in [7, 11) is 0. The molecule has 4 rings (SSSR count). The molecule has 0 saturated carbocycles. The summed E-state index contributed by atoms with van der Waals surface area (Å²) in [5.74, 6) is -0.129. The molecule has 2 fully saturated rings. The lowest BCUT2D eigenvalue weighted by molar-refractivity contribution is -0.115. The number of pyridine rings is 1. The number of hydrogen-bond acceptors (Lipinski definition) is 6. The molecule has 0 aliphatic carbocycles. The number of likely N-dealkylation sites (tertiary alicyclic amines) is 1. The van der Waals surface area contributed by atoms with Crippen LogP contribution in [0.5, 0.6) is 0 Å². The molecule has 3 aliphatic rings. The minimum absolute atomic E-state index is 0.129. The number of rotatable bonds is 5. The Morgan fingerprint density at radius 1 is 1.46 bits per heavy atom. The van der Waals surface area contributed by atoms with Gasteiger partial charge in [-0.25, -0.2) is 0 Å². The van der Waals surface area contributed by atoms with Crippen molar-refractivity contribution in [2.24, 2.45) is 5.16 Å². The summed E-state index contributed by atoms with van der Waals surface area (Å²) in [4.78, 5) is 25.0. The fraction of sp³-hybridized carbons (Fsp3) is 0.632. The lowest BCUT2D eigenvalue weighted by Gasteiger charge is -2.21. The summed E-state index contributed by atoms with van der Waals surface area (Å²) in [6.07, 6.45) is 3.67. The SMILES string of the molecule is Cc1cccc(CN2CC[C@]3(CC(C(=O)NC[C@@H]4CCCO4)=NO3)C2)n1. The first-order valence-electron chi connectivity index (χ1n) is 9.42. The number of amides is 1. The van der Waals surface area contributed by atoms with Crippen LogP contribution in [0.25, 0.3) is 0 Å². The summed E-state index contributed by atoms with van der Waals surface area (Å²) < 4.78 is 5.54. The van der Waals surface area contributed by atoms with Gasteiger partial charge in [-0.05, 0) is 31.9 Å². The molecular weight excluding hydrogens is 332 g/mol. The molecule has 2 saturated heterocycles. The Bertz CT molecular complexity index is 702. The number of carbonyl (C=O) groups excluding carboxylic acids is 1. The van der Waals surface area contributed by atoms with Crippen LogP contribution >= 0.6 is 0 Å². The molecule has 2 atom stereocenters. The number of aromatic nitrogens is 1. The van der Waals surface area contributed by atoms with Crippen LogP contribution in [-0.2, 0) is 20.9 Å². The molecule has 1 N–H and O–H groups in total. The van der Waals surface area contributed by atoms with E-state index >= 15 is 0 Å². The van der Waals surface area contributed by atoms with E-state index in [0.29, 0.717) is 18.7 Å². The van der Waals surface area contributed by atoms with Crippen LogP contribution in [0.1, 0.15) is 37.1 Å². The van der Waals surface area contributed by atoms with Gasteiger partial charge in [0.1, 0.15) is 5.71 Å². The van der Waals surface area contributed by atoms with Crippen molar-refractivity contribution in [1.82, 2.24) is 15.2 Å². The van der Waals surface area contributed by atoms with Crippen LogP contribution in [0, 0.1) is 6.92 Å². The molecule has 4 heterocycles. The Morgan fingerprint density at radius 3 is 3.19 bits per heavy atom. The number of nitrogens with one attached hydrogen (secondary N) is 1. The van der Waals surface area contributed by atoms with Gasteiger partial charge in [-0.15, -0.1) is 0 Å². The highest BCUT2D eigenvalue weighted by Crippen LogP contribution is 2.34. The maximum absolute atomic E-state index is 12.4. The predicted octanol–water partition coefficient (Wildman–Crippen LogP) is 1.41. The van der Waals surface area contributed by atoms with E-state index in [1.807, 2.05) is 25.1 Å². The molecule has 1 aromatic heterocycles. The van der Waals surface area contributed by atoms with Crippen molar-refractivity contribution in [2.45, 2.75) is 50.9 Å². The summed E-state index contributed by atoms with van der Waals surface area (Å²) in [6.45, 7) is 5.84. The second-order valence-electron chi connectivity index (χ2n) is 7.57. The Morgan fingerprint density at radius 2 is 2.38 bits per heavy atom. The van der Waals surface area contributed by atoms with E-state index in [1.165, 1.54) is 0 Å². The smallest absolute Gasteiger partial charge is 0.269 e. The normalized spacial score (nSPS) is 28.3. The van der Waals surface area contributed by atoms with E-state index in [1.54, 1.807) is 0 Å². The number of aryl methyl sites for hydroxylation is 1. The zero-order valence-electron chi connectivity index (χ0n) is 15.2. The average Bonchev–Trinajstić information content (AvgIpc) is 3.36. The van der Waals surface area contributed by atoms with Gasteiger partial charge in [0.05, 0.1) is 11.8 Å². The maximum atomic E-state index is 12.4. The third-order valence-electron chi connectivity index (χ3n) is 5.34. The second-order valence-corrected chi connectivity index (χ2v) is 7.57. The molecule has 3 aliphatic heterocycles. The maximum Gasteiger partial charge on any atom is 0.269 e. The summed E-state index contributed by atoms with van der Waals surface area (Å²) >= 11 is 0. The van der Waals surface area contributed by atoms with Gasteiger partial charge in [0.2, 0.25) is 0 Å². The minimum atomic E-state index is -0.361. The minimum Gasteiger partial charge on any atom is -0.387 e. The van der Waals surface area contributed by atoms with Crippen molar-refractivity contribution in [3.05, 3.63) is 29.6 Å². The van der Waals surface area contributed by atoms with E-state index in [4.69, 9.17) is 9.57 Å². The molecule has 1 amide bonds. The van der Waals surface area contributed by atoms with E-state index in [2.05, 4.69) is 20.4 Å². The van der Waals surface area contributed by atoms with E-state index in [0.717, 1.165) is 56.9 Å². The first-order valence-corrected chi connectivity index (χ1v) is 9.42. The highest BCUT2D eigenvalue weighted by Gasteiger charge is 2.46. The van der Waals surface area contributed by atoms with Crippen LogP contribution in [-0.4, -0.2) is 59.4 Å². The third-order valence-corrected chi connectivity index (χ3v) is 5.34. The van der Waals surface area contributed by atoms with E-state index in [9.17, 15) is 4.79 Å². The number of ether oxygens (including phenoxy) is 1. The molecule has 7 heteroatoms. The third kappa shape index (κ3) is 3.88. The Kier molecular flexibility index (Phi) is 4.91. The van der Waals surface area contributed by atoms with Crippen LogP contribution in [0.15, 0.2) is 23.4 Å². The first-order chi connectivity index (χ1) is 12.6. The van der Waals surface area contributed by atoms with Crippen molar-refractivity contribution in [1.29, 1.82) is 0 Å². The van der Waals surface area contributed by atoms with E-state index in [-0.39, 0.29) is 17.6 Å². The van der Waals surface area contributed by atoms with Crippen molar-refractivity contribution >= 4 is 11.6 Å². The van der Waals surface area contributed by atoms with Crippen LogP contribution < -0.4 is 5.32 Å². The predicted molar refractivity (Wildman–Crippen MR) is 96.7 cm³/mol. The second kappa shape index (κ2) is 7.32. The van der Waals surface area contributed by atoms with Gasteiger partial charge < -0.3 is 14.9 Å². The van der Waals surface area contributed by atoms with Crippen molar-refractivity contribution in [3.63, 3.8) is 0 Å². The van der Waals surface area contributed by atoms with Crippen LogP contribution in [0.3, 0.4) is 0 Å².